The van der Waals surface area contributed by atoms with Crippen molar-refractivity contribution in [1.82, 2.24) is 14.9 Å². The number of aryl methyl sites for hydroxylation is 1. The Hall–Kier alpha value is -2.02. The molecule has 0 aliphatic rings. The zero-order chi connectivity index (χ0) is 16.1. The van der Waals surface area contributed by atoms with Gasteiger partial charge < -0.3 is 4.74 Å². The number of carbonyl (C=O) groups excluding carboxylic acids is 1. The van der Waals surface area contributed by atoms with Crippen molar-refractivity contribution in [2.45, 2.75) is 39.0 Å². The smallest absolute Gasteiger partial charge is 0.270 e. The van der Waals surface area contributed by atoms with Gasteiger partial charge >= 0.3 is 0 Å². The lowest BCUT2D eigenvalue weighted by Crippen LogP contribution is -2.24. The topological polar surface area (TPSA) is 69.0 Å². The van der Waals surface area contributed by atoms with Crippen LogP contribution in [0.4, 0.5) is 0 Å². The van der Waals surface area contributed by atoms with Crippen LogP contribution in [0, 0.1) is 6.92 Å². The highest BCUT2D eigenvalue weighted by atomic mass is 32.2. The summed E-state index contributed by atoms with van der Waals surface area (Å²) in [6.07, 6.45) is 0.105. The number of nitrogens with one attached hydrogen (secondary N) is 1. The summed E-state index contributed by atoms with van der Waals surface area (Å²) in [5.41, 5.74) is 3.36. The van der Waals surface area contributed by atoms with Crippen LogP contribution in [-0.2, 0) is 0 Å². The molecule has 0 aliphatic heterocycles. The fraction of sp³-hybridized carbons (Fsp3) is 0.400. The minimum Gasteiger partial charge on any atom is -0.491 e. The van der Waals surface area contributed by atoms with Gasteiger partial charge in [0.15, 0.2) is 0 Å². The van der Waals surface area contributed by atoms with Gasteiger partial charge in [-0.3, -0.25) is 10.2 Å². The first-order chi connectivity index (χ1) is 10.5. The Morgan fingerprint density at radius 1 is 1.32 bits per heavy atom. The molecule has 2 aromatic rings. The van der Waals surface area contributed by atoms with Crippen molar-refractivity contribution in [1.29, 1.82) is 0 Å². The quantitative estimate of drug-likeness (QED) is 0.829. The molecular formula is C15H20N4O2S. The highest BCUT2D eigenvalue weighted by molar-refractivity contribution is 7.99. The van der Waals surface area contributed by atoms with Gasteiger partial charge in [-0.2, -0.15) is 0 Å². The molecule has 0 saturated carbocycles. The van der Waals surface area contributed by atoms with E-state index < -0.39 is 0 Å². The molecule has 6 nitrogen and oxygen atoms in total. The highest BCUT2D eigenvalue weighted by Crippen LogP contribution is 2.16. The van der Waals surface area contributed by atoms with Crippen molar-refractivity contribution >= 4 is 17.7 Å². The third kappa shape index (κ3) is 4.00. The lowest BCUT2D eigenvalue weighted by Gasteiger charge is -2.11. The van der Waals surface area contributed by atoms with Crippen LogP contribution in [0.15, 0.2) is 29.4 Å². The van der Waals surface area contributed by atoms with E-state index in [1.165, 1.54) is 11.8 Å². The van der Waals surface area contributed by atoms with E-state index in [4.69, 9.17) is 4.74 Å². The van der Waals surface area contributed by atoms with Gasteiger partial charge in [-0.05, 0) is 50.8 Å². The Morgan fingerprint density at radius 2 is 2.00 bits per heavy atom. The molecule has 0 fully saturated rings. The number of hydrogen-bond acceptors (Lipinski definition) is 5. The minimum absolute atomic E-state index is 0.105. The van der Waals surface area contributed by atoms with Crippen LogP contribution in [0.2, 0.25) is 0 Å². The van der Waals surface area contributed by atoms with Crippen molar-refractivity contribution in [3.05, 3.63) is 35.7 Å². The van der Waals surface area contributed by atoms with Crippen molar-refractivity contribution in [3.8, 4) is 5.75 Å². The summed E-state index contributed by atoms with van der Waals surface area (Å²) in [6.45, 7) is 7.74. The van der Waals surface area contributed by atoms with Gasteiger partial charge in [-0.25, -0.2) is 4.68 Å². The molecule has 0 spiro atoms. The molecule has 0 aliphatic carbocycles. The van der Waals surface area contributed by atoms with Crippen molar-refractivity contribution < 1.29 is 9.53 Å². The van der Waals surface area contributed by atoms with E-state index in [1.54, 1.807) is 35.9 Å². The van der Waals surface area contributed by atoms with Crippen LogP contribution in [0.5, 0.6) is 5.75 Å². The summed E-state index contributed by atoms with van der Waals surface area (Å²) in [7, 11) is 0. The maximum Gasteiger partial charge on any atom is 0.270 e. The second kappa shape index (κ2) is 7.31. The number of benzene rings is 1. The van der Waals surface area contributed by atoms with E-state index in [1.807, 2.05) is 20.8 Å². The molecule has 0 atom stereocenters. The van der Waals surface area contributed by atoms with E-state index in [0.717, 1.165) is 11.5 Å². The maximum atomic E-state index is 12.3. The Labute approximate surface area is 134 Å². The van der Waals surface area contributed by atoms with Crippen LogP contribution < -0.4 is 10.2 Å². The Bertz CT molecular complexity index is 637. The molecule has 2 rings (SSSR count). The van der Waals surface area contributed by atoms with Gasteiger partial charge in [0.05, 0.1) is 6.10 Å². The first-order valence-electron chi connectivity index (χ1n) is 7.14. The van der Waals surface area contributed by atoms with E-state index in [-0.39, 0.29) is 12.0 Å². The average molecular weight is 320 g/mol. The molecule has 1 heterocycles. The molecular weight excluding hydrogens is 300 g/mol. The normalized spacial score (nSPS) is 10.8. The molecule has 118 valence electrons. The monoisotopic (exact) mass is 320 g/mol. The molecule has 7 heteroatoms. The van der Waals surface area contributed by atoms with Crippen LogP contribution >= 0.6 is 11.8 Å². The molecule has 0 bridgehead atoms. The predicted octanol–water partition coefficient (Wildman–Crippen LogP) is 2.87. The fourth-order valence-corrected chi connectivity index (χ4v) is 2.48. The third-order valence-corrected chi connectivity index (χ3v) is 3.58. The van der Waals surface area contributed by atoms with Gasteiger partial charge in [0.2, 0.25) is 5.16 Å². The molecule has 22 heavy (non-hydrogen) atoms. The average Bonchev–Trinajstić information content (AvgIpc) is 2.81. The van der Waals surface area contributed by atoms with Crippen LogP contribution in [0.3, 0.4) is 0 Å². The van der Waals surface area contributed by atoms with Crippen LogP contribution in [-0.4, -0.2) is 32.6 Å². The van der Waals surface area contributed by atoms with Gasteiger partial charge in [0.1, 0.15) is 11.6 Å². The Kier molecular flexibility index (Phi) is 5.43. The summed E-state index contributed by atoms with van der Waals surface area (Å²) in [6, 6.07) is 7.05. The summed E-state index contributed by atoms with van der Waals surface area (Å²) in [5, 5.41) is 8.70. The van der Waals surface area contributed by atoms with Gasteiger partial charge in [-0.15, -0.1) is 10.2 Å². The van der Waals surface area contributed by atoms with Crippen molar-refractivity contribution in [2.75, 3.05) is 11.2 Å². The second-order valence-electron chi connectivity index (χ2n) is 4.93. The summed E-state index contributed by atoms with van der Waals surface area (Å²) in [5.74, 6) is 2.03. The number of hydrogen-bond donors (Lipinski definition) is 1. The van der Waals surface area contributed by atoms with Gasteiger partial charge in [0.25, 0.3) is 5.91 Å². The van der Waals surface area contributed by atoms with E-state index >= 15 is 0 Å². The fourth-order valence-electron chi connectivity index (χ4n) is 1.82. The molecule has 1 aromatic heterocycles. The predicted molar refractivity (Wildman–Crippen MR) is 87.1 cm³/mol. The SMILES string of the molecule is CCSc1nnc(C)n1NC(=O)c1ccc(OC(C)C)cc1. The van der Waals surface area contributed by atoms with Crippen molar-refractivity contribution in [3.63, 3.8) is 0 Å². The van der Waals surface area contributed by atoms with E-state index in [0.29, 0.717) is 16.5 Å². The summed E-state index contributed by atoms with van der Waals surface area (Å²) in [4.78, 5) is 12.3. The molecule has 1 N–H and O–H groups in total. The lowest BCUT2D eigenvalue weighted by molar-refractivity contribution is 0.100. The van der Waals surface area contributed by atoms with E-state index in [2.05, 4.69) is 15.6 Å². The number of aromatic nitrogens is 3. The van der Waals surface area contributed by atoms with E-state index in [9.17, 15) is 4.79 Å². The highest BCUT2D eigenvalue weighted by Gasteiger charge is 2.13. The van der Waals surface area contributed by atoms with Gasteiger partial charge in [-0.1, -0.05) is 18.7 Å². The largest absolute Gasteiger partial charge is 0.491 e. The molecule has 0 radical (unpaired) electrons. The number of amides is 1. The molecule has 1 amide bonds. The summed E-state index contributed by atoms with van der Waals surface area (Å²) >= 11 is 1.52. The summed E-state index contributed by atoms with van der Waals surface area (Å²) < 4.78 is 7.17. The van der Waals surface area contributed by atoms with Crippen LogP contribution in [0.25, 0.3) is 0 Å². The standard InChI is InChI=1S/C15H20N4O2S/c1-5-22-15-17-16-11(4)19(15)18-14(20)12-6-8-13(9-7-12)21-10(2)3/h6-10H,5H2,1-4H3,(H,18,20). The Balaban J connectivity index is 2.10. The molecule has 0 saturated heterocycles. The van der Waals surface area contributed by atoms with Gasteiger partial charge in [0, 0.05) is 5.56 Å². The molecule has 0 unspecified atom stereocenters. The zero-order valence-electron chi connectivity index (χ0n) is 13.2. The first kappa shape index (κ1) is 16.4. The van der Waals surface area contributed by atoms with Crippen molar-refractivity contribution in [2.24, 2.45) is 0 Å². The lowest BCUT2D eigenvalue weighted by atomic mass is 10.2. The second-order valence-corrected chi connectivity index (χ2v) is 6.16. The Morgan fingerprint density at radius 3 is 2.59 bits per heavy atom. The zero-order valence-corrected chi connectivity index (χ0v) is 14.0. The number of rotatable bonds is 6. The number of carbonyl (C=O) groups is 1. The number of nitrogens with zero attached hydrogens (tertiary/aromatic N) is 3. The number of thioether (sulfide) groups is 1. The molecule has 1 aromatic carbocycles. The van der Waals surface area contributed by atoms with Crippen LogP contribution in [0.1, 0.15) is 37.0 Å². The first-order valence-corrected chi connectivity index (χ1v) is 8.12. The minimum atomic E-state index is -0.211. The number of ether oxygens (including phenoxy) is 1. The maximum absolute atomic E-state index is 12.3. The third-order valence-electron chi connectivity index (χ3n) is 2.77.